The van der Waals surface area contributed by atoms with Crippen LogP contribution >= 0.6 is 0 Å². The van der Waals surface area contributed by atoms with E-state index in [1.165, 1.54) is 0 Å². The molecule has 2 atom stereocenters. The van der Waals surface area contributed by atoms with Gasteiger partial charge in [0, 0.05) is 24.9 Å². The topological polar surface area (TPSA) is 68.3 Å². The van der Waals surface area contributed by atoms with Crippen LogP contribution in [0.3, 0.4) is 0 Å². The van der Waals surface area contributed by atoms with Crippen LogP contribution in [0.2, 0.25) is 0 Å². The predicted molar refractivity (Wildman–Crippen MR) is 58.2 cm³/mol. The number of amides is 1. The van der Waals surface area contributed by atoms with E-state index in [4.69, 9.17) is 10.2 Å². The smallest absolute Gasteiger partial charge is 0.221 e. The highest BCUT2D eigenvalue weighted by Crippen LogP contribution is 2.04. The Kier molecular flexibility index (Phi) is 4.37. The number of furan rings is 1. The van der Waals surface area contributed by atoms with Crippen molar-refractivity contribution < 1.29 is 9.21 Å². The van der Waals surface area contributed by atoms with E-state index < -0.39 is 0 Å². The van der Waals surface area contributed by atoms with Crippen molar-refractivity contribution in [2.75, 3.05) is 6.54 Å². The molecule has 2 unspecified atom stereocenters. The van der Waals surface area contributed by atoms with Crippen LogP contribution < -0.4 is 11.1 Å². The highest BCUT2D eigenvalue weighted by Gasteiger charge is 2.11. The molecule has 0 saturated heterocycles. The molecule has 84 valence electrons. The fourth-order valence-corrected chi connectivity index (χ4v) is 1.28. The van der Waals surface area contributed by atoms with Crippen molar-refractivity contribution in [2.45, 2.75) is 26.3 Å². The molecule has 3 N–H and O–H groups in total. The van der Waals surface area contributed by atoms with Crippen LogP contribution in [0.4, 0.5) is 0 Å². The Morgan fingerprint density at radius 1 is 1.60 bits per heavy atom. The van der Waals surface area contributed by atoms with Gasteiger partial charge in [-0.25, -0.2) is 0 Å². The molecule has 0 spiro atoms. The minimum atomic E-state index is -0.271. The summed E-state index contributed by atoms with van der Waals surface area (Å²) in [7, 11) is 0. The zero-order valence-electron chi connectivity index (χ0n) is 9.19. The number of carbonyl (C=O) groups excluding carboxylic acids is 1. The molecule has 4 heteroatoms. The van der Waals surface area contributed by atoms with Gasteiger partial charge >= 0.3 is 0 Å². The molecule has 0 aliphatic rings. The second kappa shape index (κ2) is 5.56. The predicted octanol–water partition coefficient (Wildman–Crippen LogP) is 0.922. The first-order valence-corrected chi connectivity index (χ1v) is 5.14. The molecule has 0 aliphatic carbocycles. The largest absolute Gasteiger partial charge is 0.469 e. The third-order valence-electron chi connectivity index (χ3n) is 2.35. The van der Waals surface area contributed by atoms with Crippen molar-refractivity contribution in [3.05, 3.63) is 24.2 Å². The second-order valence-electron chi connectivity index (χ2n) is 3.90. The Labute approximate surface area is 89.8 Å². The van der Waals surface area contributed by atoms with Crippen molar-refractivity contribution in [1.29, 1.82) is 0 Å². The van der Waals surface area contributed by atoms with E-state index in [2.05, 4.69) is 12.2 Å². The monoisotopic (exact) mass is 210 g/mol. The third kappa shape index (κ3) is 4.16. The standard InChI is InChI=1S/C11H18N2O2/c1-8(11(12)14)7-13-9(2)6-10-4-3-5-15-10/h3-5,8-9,13H,6-7H2,1-2H3,(H2,12,14). The molecule has 1 aromatic rings. The second-order valence-corrected chi connectivity index (χ2v) is 3.90. The molecular formula is C11H18N2O2. The van der Waals surface area contributed by atoms with E-state index in [1.807, 2.05) is 19.1 Å². The molecule has 1 amide bonds. The minimum Gasteiger partial charge on any atom is -0.469 e. The van der Waals surface area contributed by atoms with Gasteiger partial charge in [-0.2, -0.15) is 0 Å². The molecule has 0 saturated carbocycles. The van der Waals surface area contributed by atoms with Crippen molar-refractivity contribution in [3.8, 4) is 0 Å². The van der Waals surface area contributed by atoms with Crippen LogP contribution in [0.1, 0.15) is 19.6 Å². The van der Waals surface area contributed by atoms with E-state index in [-0.39, 0.29) is 17.9 Å². The summed E-state index contributed by atoms with van der Waals surface area (Å²) in [6, 6.07) is 4.09. The maximum absolute atomic E-state index is 10.8. The Balaban J connectivity index is 2.25. The molecule has 0 aliphatic heterocycles. The highest BCUT2D eigenvalue weighted by atomic mass is 16.3. The quantitative estimate of drug-likeness (QED) is 0.733. The number of rotatable bonds is 6. The van der Waals surface area contributed by atoms with E-state index in [1.54, 1.807) is 6.26 Å². The molecule has 15 heavy (non-hydrogen) atoms. The number of nitrogens with two attached hydrogens (primary N) is 1. The average molecular weight is 210 g/mol. The van der Waals surface area contributed by atoms with Gasteiger partial charge in [0.25, 0.3) is 0 Å². The molecular weight excluding hydrogens is 192 g/mol. The summed E-state index contributed by atoms with van der Waals surface area (Å²) >= 11 is 0. The first-order valence-electron chi connectivity index (χ1n) is 5.14. The van der Waals surface area contributed by atoms with Crippen LogP contribution in [0.15, 0.2) is 22.8 Å². The van der Waals surface area contributed by atoms with Crippen LogP contribution in [0.5, 0.6) is 0 Å². The number of hydrogen-bond acceptors (Lipinski definition) is 3. The number of hydrogen-bond donors (Lipinski definition) is 2. The first-order chi connectivity index (χ1) is 7.09. The minimum absolute atomic E-state index is 0.135. The normalized spacial score (nSPS) is 14.8. The molecule has 1 aromatic heterocycles. The number of carbonyl (C=O) groups is 1. The number of primary amides is 1. The maximum atomic E-state index is 10.8. The fraction of sp³-hybridized carbons (Fsp3) is 0.545. The summed E-state index contributed by atoms with van der Waals surface area (Å²) in [6.45, 7) is 4.47. The third-order valence-corrected chi connectivity index (χ3v) is 2.35. The van der Waals surface area contributed by atoms with Gasteiger partial charge in [0.2, 0.25) is 5.91 Å². The van der Waals surface area contributed by atoms with Gasteiger partial charge in [-0.15, -0.1) is 0 Å². The Morgan fingerprint density at radius 3 is 2.87 bits per heavy atom. The number of nitrogens with one attached hydrogen (secondary N) is 1. The van der Waals surface area contributed by atoms with Crippen LogP contribution in [0, 0.1) is 5.92 Å². The maximum Gasteiger partial charge on any atom is 0.221 e. The van der Waals surface area contributed by atoms with E-state index >= 15 is 0 Å². The van der Waals surface area contributed by atoms with Crippen molar-refractivity contribution in [1.82, 2.24) is 5.32 Å². The first kappa shape index (κ1) is 11.8. The lowest BCUT2D eigenvalue weighted by molar-refractivity contribution is -0.121. The molecule has 0 radical (unpaired) electrons. The Bertz CT molecular complexity index is 296. The van der Waals surface area contributed by atoms with Crippen molar-refractivity contribution in [2.24, 2.45) is 11.7 Å². The Hall–Kier alpha value is -1.29. The zero-order chi connectivity index (χ0) is 11.3. The van der Waals surface area contributed by atoms with Gasteiger partial charge in [-0.3, -0.25) is 4.79 Å². The van der Waals surface area contributed by atoms with Gasteiger partial charge in [0.15, 0.2) is 0 Å². The molecule has 0 aromatic carbocycles. The lowest BCUT2D eigenvalue weighted by Crippen LogP contribution is -2.36. The summed E-state index contributed by atoms with van der Waals surface area (Å²) in [5.74, 6) is 0.540. The van der Waals surface area contributed by atoms with Crippen molar-refractivity contribution >= 4 is 5.91 Å². The fourth-order valence-electron chi connectivity index (χ4n) is 1.28. The lowest BCUT2D eigenvalue weighted by Gasteiger charge is -2.14. The van der Waals surface area contributed by atoms with Gasteiger partial charge in [0.1, 0.15) is 5.76 Å². The average Bonchev–Trinajstić information content (AvgIpc) is 2.66. The zero-order valence-corrected chi connectivity index (χ0v) is 9.19. The molecule has 0 fully saturated rings. The summed E-state index contributed by atoms with van der Waals surface area (Å²) in [6.07, 6.45) is 2.48. The molecule has 4 nitrogen and oxygen atoms in total. The van der Waals surface area contributed by atoms with Gasteiger partial charge in [0.05, 0.1) is 6.26 Å². The van der Waals surface area contributed by atoms with E-state index in [0.717, 1.165) is 12.2 Å². The summed E-state index contributed by atoms with van der Waals surface area (Å²) < 4.78 is 5.23. The van der Waals surface area contributed by atoms with Gasteiger partial charge in [-0.1, -0.05) is 6.92 Å². The van der Waals surface area contributed by atoms with Crippen LogP contribution in [-0.2, 0) is 11.2 Å². The van der Waals surface area contributed by atoms with Crippen molar-refractivity contribution in [3.63, 3.8) is 0 Å². The highest BCUT2D eigenvalue weighted by molar-refractivity contribution is 5.76. The summed E-state index contributed by atoms with van der Waals surface area (Å²) in [5, 5.41) is 3.24. The van der Waals surface area contributed by atoms with Gasteiger partial charge in [-0.05, 0) is 19.1 Å². The Morgan fingerprint density at radius 2 is 2.33 bits per heavy atom. The summed E-state index contributed by atoms with van der Waals surface area (Å²) in [4.78, 5) is 10.8. The molecule has 1 rings (SSSR count). The SMILES string of the molecule is CC(Cc1ccco1)NCC(C)C(N)=O. The van der Waals surface area contributed by atoms with E-state index in [0.29, 0.717) is 6.54 Å². The summed E-state index contributed by atoms with van der Waals surface area (Å²) in [5.41, 5.74) is 5.16. The molecule has 0 bridgehead atoms. The lowest BCUT2D eigenvalue weighted by atomic mass is 10.1. The van der Waals surface area contributed by atoms with Crippen LogP contribution in [-0.4, -0.2) is 18.5 Å². The van der Waals surface area contributed by atoms with Gasteiger partial charge < -0.3 is 15.5 Å². The van der Waals surface area contributed by atoms with E-state index in [9.17, 15) is 4.79 Å². The van der Waals surface area contributed by atoms with Crippen LogP contribution in [0.25, 0.3) is 0 Å². The molecule has 1 heterocycles.